The van der Waals surface area contributed by atoms with Crippen molar-refractivity contribution >= 4 is 34.9 Å². The Hall–Kier alpha value is -4.30. The molecule has 2 heterocycles. The molecule has 5 rings (SSSR count). The fraction of sp³-hybridized carbons (Fsp3) is 0.290. The maximum atomic E-state index is 13.6. The molecule has 0 aromatic heterocycles. The van der Waals surface area contributed by atoms with Crippen molar-refractivity contribution in [1.82, 2.24) is 10.2 Å². The molecule has 3 aromatic carbocycles. The number of hydrogen-bond acceptors (Lipinski definition) is 6. The number of aliphatic imine (C=N–C) groups is 1. The summed E-state index contributed by atoms with van der Waals surface area (Å²) < 4.78 is 5.23. The van der Waals surface area contributed by atoms with Crippen molar-refractivity contribution in [2.75, 3.05) is 31.3 Å². The van der Waals surface area contributed by atoms with Gasteiger partial charge in [0.25, 0.3) is 11.8 Å². The molecule has 1 fully saturated rings. The van der Waals surface area contributed by atoms with Crippen molar-refractivity contribution in [1.29, 1.82) is 0 Å². The van der Waals surface area contributed by atoms with Crippen LogP contribution in [0.5, 0.6) is 0 Å². The zero-order valence-corrected chi connectivity index (χ0v) is 22.0. The third-order valence-electron chi connectivity index (χ3n) is 7.03. The number of ether oxygens (including phenoxy) is 1. The van der Waals surface area contributed by atoms with Crippen molar-refractivity contribution in [2.24, 2.45) is 10.9 Å². The van der Waals surface area contributed by atoms with Gasteiger partial charge in [0.1, 0.15) is 5.71 Å². The predicted molar refractivity (Wildman–Crippen MR) is 150 cm³/mol. The van der Waals surface area contributed by atoms with Crippen LogP contribution in [0.3, 0.4) is 0 Å². The van der Waals surface area contributed by atoms with E-state index in [-0.39, 0.29) is 23.7 Å². The first-order valence-corrected chi connectivity index (χ1v) is 13.3. The molecule has 8 nitrogen and oxygen atoms in total. The first kappa shape index (κ1) is 26.3. The van der Waals surface area contributed by atoms with Crippen molar-refractivity contribution in [3.63, 3.8) is 0 Å². The fourth-order valence-corrected chi connectivity index (χ4v) is 5.04. The average Bonchev–Trinajstić information content (AvgIpc) is 3.23. The van der Waals surface area contributed by atoms with Gasteiger partial charge in [-0.15, -0.1) is 0 Å². The van der Waals surface area contributed by atoms with Crippen molar-refractivity contribution < 1.29 is 19.1 Å². The zero-order valence-electron chi connectivity index (χ0n) is 22.0. The highest BCUT2D eigenvalue weighted by Crippen LogP contribution is 2.32. The summed E-state index contributed by atoms with van der Waals surface area (Å²) in [4.78, 5) is 47.0. The summed E-state index contributed by atoms with van der Waals surface area (Å²) >= 11 is 0. The van der Waals surface area contributed by atoms with E-state index in [1.54, 1.807) is 29.2 Å². The smallest absolute Gasteiger partial charge is 0.310 e. The highest BCUT2D eigenvalue weighted by Gasteiger charge is 2.36. The van der Waals surface area contributed by atoms with Crippen LogP contribution in [0, 0.1) is 5.92 Å². The van der Waals surface area contributed by atoms with Crippen molar-refractivity contribution in [3.8, 4) is 0 Å². The van der Waals surface area contributed by atoms with E-state index in [2.05, 4.69) is 15.2 Å². The molecule has 200 valence electrons. The van der Waals surface area contributed by atoms with Crippen LogP contribution >= 0.6 is 0 Å². The summed E-state index contributed by atoms with van der Waals surface area (Å²) in [5, 5.41) is 2.92. The summed E-state index contributed by atoms with van der Waals surface area (Å²) in [6, 6.07) is 24.3. The molecule has 2 aliphatic rings. The number of amides is 2. The quantitative estimate of drug-likeness (QED) is 0.444. The van der Waals surface area contributed by atoms with Crippen LogP contribution < -0.4 is 10.2 Å². The minimum Gasteiger partial charge on any atom is -0.466 e. The van der Waals surface area contributed by atoms with E-state index >= 15 is 0 Å². The van der Waals surface area contributed by atoms with E-state index in [1.807, 2.05) is 61.5 Å². The summed E-state index contributed by atoms with van der Waals surface area (Å²) in [6.45, 7) is 4.38. The maximum Gasteiger partial charge on any atom is 0.310 e. The maximum absolute atomic E-state index is 13.6. The summed E-state index contributed by atoms with van der Waals surface area (Å²) in [7, 11) is 0. The lowest BCUT2D eigenvalue weighted by atomic mass is 9.98. The fourth-order valence-electron chi connectivity index (χ4n) is 5.04. The van der Waals surface area contributed by atoms with Gasteiger partial charge in [0.05, 0.1) is 30.6 Å². The number of carbonyl (C=O) groups is 3. The largest absolute Gasteiger partial charge is 0.466 e. The van der Waals surface area contributed by atoms with E-state index in [1.165, 1.54) is 0 Å². The molecule has 2 aliphatic heterocycles. The second-order valence-corrected chi connectivity index (χ2v) is 9.74. The first-order valence-electron chi connectivity index (χ1n) is 13.3. The number of benzene rings is 3. The summed E-state index contributed by atoms with van der Waals surface area (Å²) in [5.41, 5.74) is 4.08. The topological polar surface area (TPSA) is 91.3 Å². The number of piperidine rings is 1. The Bertz CT molecular complexity index is 1370. The van der Waals surface area contributed by atoms with Gasteiger partial charge in [-0.25, -0.2) is 4.99 Å². The molecule has 0 bridgehead atoms. The third-order valence-corrected chi connectivity index (χ3v) is 7.03. The van der Waals surface area contributed by atoms with Crippen LogP contribution in [0.4, 0.5) is 11.4 Å². The monoisotopic (exact) mass is 524 g/mol. The highest BCUT2D eigenvalue weighted by molar-refractivity contribution is 6.54. The molecule has 2 amide bonds. The molecule has 1 N–H and O–H groups in total. The van der Waals surface area contributed by atoms with Crippen LogP contribution in [-0.4, -0.2) is 54.8 Å². The lowest BCUT2D eigenvalue weighted by Gasteiger charge is -2.34. The number of carbonyl (C=O) groups excluding carboxylic acids is 3. The molecule has 1 unspecified atom stereocenters. The molecule has 0 radical (unpaired) electrons. The second-order valence-electron chi connectivity index (χ2n) is 9.74. The number of rotatable bonds is 8. The van der Waals surface area contributed by atoms with Crippen LogP contribution in [0.15, 0.2) is 83.9 Å². The lowest BCUT2D eigenvalue weighted by Crippen LogP contribution is -2.47. The Morgan fingerprint density at radius 3 is 2.51 bits per heavy atom. The number of hydrogen-bond donors (Lipinski definition) is 1. The molecule has 3 aromatic rings. The number of nitrogens with one attached hydrogen (secondary N) is 1. The predicted octanol–water partition coefficient (Wildman–Crippen LogP) is 4.32. The minimum absolute atomic E-state index is 0.171. The van der Waals surface area contributed by atoms with Gasteiger partial charge in [0, 0.05) is 24.2 Å². The SMILES string of the molecule is CCOC(=O)C1CCCN(CN2C(=O)C(=Nc3ccc(C(=O)NCc4ccccc4)cc3)c3ccccc32)C1. The number of para-hydroxylation sites is 1. The Labute approximate surface area is 228 Å². The Morgan fingerprint density at radius 2 is 1.74 bits per heavy atom. The summed E-state index contributed by atoms with van der Waals surface area (Å²) in [6.07, 6.45) is 1.67. The Morgan fingerprint density at radius 1 is 1.00 bits per heavy atom. The van der Waals surface area contributed by atoms with Crippen LogP contribution in [0.2, 0.25) is 0 Å². The number of likely N-dealkylation sites (tertiary alicyclic amines) is 1. The highest BCUT2D eigenvalue weighted by atomic mass is 16.5. The van der Waals surface area contributed by atoms with Gasteiger partial charge in [0.2, 0.25) is 0 Å². The van der Waals surface area contributed by atoms with Gasteiger partial charge in [0.15, 0.2) is 0 Å². The molecule has 0 saturated carbocycles. The number of anilines is 1. The van der Waals surface area contributed by atoms with E-state index in [9.17, 15) is 14.4 Å². The van der Waals surface area contributed by atoms with E-state index in [4.69, 9.17) is 4.74 Å². The van der Waals surface area contributed by atoms with Crippen molar-refractivity contribution in [2.45, 2.75) is 26.3 Å². The summed E-state index contributed by atoms with van der Waals surface area (Å²) in [5.74, 6) is -0.702. The minimum atomic E-state index is -0.181. The van der Waals surface area contributed by atoms with Gasteiger partial charge >= 0.3 is 5.97 Å². The number of esters is 1. The van der Waals surface area contributed by atoms with Crippen molar-refractivity contribution in [3.05, 3.63) is 95.6 Å². The Balaban J connectivity index is 1.29. The molecule has 1 saturated heterocycles. The average molecular weight is 525 g/mol. The molecular weight excluding hydrogens is 492 g/mol. The molecular formula is C31H32N4O4. The molecule has 0 spiro atoms. The molecule has 39 heavy (non-hydrogen) atoms. The van der Waals surface area contributed by atoms with E-state index in [0.717, 1.165) is 36.2 Å². The van der Waals surface area contributed by atoms with E-state index < -0.39 is 0 Å². The van der Waals surface area contributed by atoms with E-state index in [0.29, 0.717) is 43.3 Å². The lowest BCUT2D eigenvalue weighted by molar-refractivity contribution is -0.149. The standard InChI is InChI=1S/C31H32N4O4/c1-2-39-31(38)24-11-8-18-34(20-24)21-35-27-13-7-6-12-26(27)28(30(35)37)33-25-16-14-23(15-17-25)29(36)32-19-22-9-4-3-5-10-22/h3-7,9-10,12-17,24H,2,8,11,18-21H2,1H3,(H,32,36). The molecule has 0 aliphatic carbocycles. The molecule has 1 atom stereocenters. The van der Waals surface area contributed by atoms with Crippen LogP contribution in [0.1, 0.15) is 41.3 Å². The Kier molecular flexibility index (Phi) is 8.13. The normalized spacial score (nSPS) is 18.2. The van der Waals surface area contributed by atoms with Crippen LogP contribution in [-0.2, 0) is 20.9 Å². The van der Waals surface area contributed by atoms with Gasteiger partial charge in [-0.3, -0.25) is 24.2 Å². The van der Waals surface area contributed by atoms with Gasteiger partial charge in [-0.1, -0.05) is 48.5 Å². The van der Waals surface area contributed by atoms with Gasteiger partial charge in [-0.2, -0.15) is 0 Å². The first-order chi connectivity index (χ1) is 19.0. The third kappa shape index (κ3) is 6.07. The van der Waals surface area contributed by atoms with Gasteiger partial charge < -0.3 is 10.1 Å². The van der Waals surface area contributed by atoms with Gasteiger partial charge in [-0.05, 0) is 62.2 Å². The number of fused-ring (bicyclic) bond motifs is 1. The second kappa shape index (κ2) is 12.0. The molecule has 8 heteroatoms. The number of nitrogens with zero attached hydrogens (tertiary/aromatic N) is 3. The van der Waals surface area contributed by atoms with Crippen LogP contribution in [0.25, 0.3) is 0 Å². The zero-order chi connectivity index (χ0) is 27.2.